The number of carbonyl (C=O) groups is 1. The third kappa shape index (κ3) is 18.0. The second kappa shape index (κ2) is 23.4. The number of aromatic carboxylic acids is 1. The lowest BCUT2D eigenvalue weighted by Gasteiger charge is -2.37. The van der Waals surface area contributed by atoms with E-state index in [1.54, 1.807) is 30.3 Å². The lowest BCUT2D eigenvalue weighted by molar-refractivity contribution is -0.925. The van der Waals surface area contributed by atoms with Crippen LogP contribution in [0.3, 0.4) is 0 Å². The zero-order chi connectivity index (χ0) is 25.3. The zero-order valence-corrected chi connectivity index (χ0v) is 23.3. The predicted molar refractivity (Wildman–Crippen MR) is 150 cm³/mol. The van der Waals surface area contributed by atoms with Crippen LogP contribution < -0.4 is 0 Å². The van der Waals surface area contributed by atoms with E-state index in [4.69, 9.17) is 5.11 Å². The number of rotatable bonds is 21. The Kier molecular flexibility index (Phi) is 22.5. The molecule has 0 bridgehead atoms. The van der Waals surface area contributed by atoms with Gasteiger partial charge in [-0.3, -0.25) is 0 Å². The highest BCUT2D eigenvalue weighted by Gasteiger charge is 2.21. The van der Waals surface area contributed by atoms with Gasteiger partial charge in [-0.1, -0.05) is 109 Å². The highest BCUT2D eigenvalue weighted by Crippen LogP contribution is 2.16. The molecule has 3 heteroatoms. The van der Waals surface area contributed by atoms with Gasteiger partial charge in [-0.05, 0) is 51.7 Å². The van der Waals surface area contributed by atoms with Crippen molar-refractivity contribution in [3.05, 3.63) is 35.9 Å². The van der Waals surface area contributed by atoms with Crippen molar-refractivity contribution >= 4 is 5.97 Å². The number of benzene rings is 1. The highest BCUT2D eigenvalue weighted by molar-refractivity contribution is 5.87. The van der Waals surface area contributed by atoms with E-state index in [0.717, 1.165) is 0 Å². The summed E-state index contributed by atoms with van der Waals surface area (Å²) in [5.74, 6) is -0.879. The molecule has 0 heterocycles. The van der Waals surface area contributed by atoms with Gasteiger partial charge >= 0.3 is 5.97 Å². The first-order chi connectivity index (χ1) is 16.5. The normalized spacial score (nSPS) is 11.2. The Morgan fingerprint density at radius 3 is 1.24 bits per heavy atom. The first kappa shape index (κ1) is 32.7. The third-order valence-corrected chi connectivity index (χ3v) is 7.33. The molecule has 0 saturated heterocycles. The lowest BCUT2D eigenvalue weighted by atomic mass is 10.1. The minimum absolute atomic E-state index is 0.331. The minimum atomic E-state index is -0.879. The van der Waals surface area contributed by atoms with Crippen molar-refractivity contribution in [1.82, 2.24) is 0 Å². The number of carboxylic acids is 1. The molecule has 34 heavy (non-hydrogen) atoms. The fourth-order valence-electron chi connectivity index (χ4n) is 4.71. The van der Waals surface area contributed by atoms with Gasteiger partial charge in [0.2, 0.25) is 0 Å². The summed E-state index contributed by atoms with van der Waals surface area (Å²) in [6.07, 6.45) is 23.1. The van der Waals surface area contributed by atoms with E-state index in [1.165, 1.54) is 133 Å². The Morgan fingerprint density at radius 1 is 0.588 bits per heavy atom. The van der Waals surface area contributed by atoms with Crippen LogP contribution in [0.2, 0.25) is 0 Å². The van der Waals surface area contributed by atoms with Gasteiger partial charge in [0.15, 0.2) is 0 Å². The van der Waals surface area contributed by atoms with Gasteiger partial charge in [-0.25, -0.2) is 4.79 Å². The highest BCUT2D eigenvalue weighted by atomic mass is 16.4. The van der Waals surface area contributed by atoms with Crippen molar-refractivity contribution in [2.45, 2.75) is 130 Å². The molecule has 0 spiro atoms. The van der Waals surface area contributed by atoms with Crippen LogP contribution in [0, 0.1) is 0 Å². The van der Waals surface area contributed by atoms with Gasteiger partial charge in [-0.15, -0.1) is 0 Å². The molecule has 0 atom stereocenters. The van der Waals surface area contributed by atoms with Crippen LogP contribution in [0.15, 0.2) is 30.3 Å². The fraction of sp³-hybridized carbons (Fsp3) is 0.774. The monoisotopic (exact) mass is 476 g/mol. The van der Waals surface area contributed by atoms with Gasteiger partial charge in [0.25, 0.3) is 0 Å². The molecule has 0 fully saturated rings. The van der Waals surface area contributed by atoms with E-state index in [1.807, 2.05) is 0 Å². The maximum absolute atomic E-state index is 10.2. The molecule has 1 N–H and O–H groups in total. The van der Waals surface area contributed by atoms with E-state index in [9.17, 15) is 4.79 Å². The molecule has 0 aliphatic carbocycles. The van der Waals surface area contributed by atoms with Gasteiger partial charge in [0.05, 0.1) is 31.7 Å². The van der Waals surface area contributed by atoms with Crippen molar-refractivity contribution < 1.29 is 14.4 Å². The summed E-state index contributed by atoms with van der Waals surface area (Å²) >= 11 is 0. The zero-order valence-electron chi connectivity index (χ0n) is 23.3. The van der Waals surface area contributed by atoms with Gasteiger partial charge < -0.3 is 9.59 Å². The SMILES string of the molecule is CCCCCCCCCC[N+](CC)(CC)CCCCCCCCCC.O=C(O)c1ccccc1. The Morgan fingerprint density at radius 2 is 0.941 bits per heavy atom. The maximum atomic E-state index is 10.2. The molecule has 0 radical (unpaired) electrons. The predicted octanol–water partition coefficient (Wildman–Crippen LogP) is 9.51. The Hall–Kier alpha value is -1.35. The summed E-state index contributed by atoms with van der Waals surface area (Å²) in [6, 6.07) is 8.30. The van der Waals surface area contributed by atoms with Crippen molar-refractivity contribution in [3.8, 4) is 0 Å². The molecule has 0 amide bonds. The number of carboxylic acid groups (broad SMARTS) is 1. The summed E-state index contributed by atoms with van der Waals surface area (Å²) < 4.78 is 1.38. The maximum Gasteiger partial charge on any atom is 0.335 e. The largest absolute Gasteiger partial charge is 0.478 e. The van der Waals surface area contributed by atoms with E-state index in [2.05, 4.69) is 27.7 Å². The molecule has 0 saturated carbocycles. The second-order valence-electron chi connectivity index (χ2n) is 10.0. The summed E-state index contributed by atoms with van der Waals surface area (Å²) in [5, 5.41) is 8.38. The summed E-state index contributed by atoms with van der Waals surface area (Å²) in [4.78, 5) is 10.2. The molecule has 0 aliphatic rings. The average molecular weight is 477 g/mol. The van der Waals surface area contributed by atoms with E-state index >= 15 is 0 Å². The quantitative estimate of drug-likeness (QED) is 0.142. The van der Waals surface area contributed by atoms with Crippen LogP contribution in [0.4, 0.5) is 0 Å². The number of unbranched alkanes of at least 4 members (excludes halogenated alkanes) is 14. The topological polar surface area (TPSA) is 37.3 Å². The van der Waals surface area contributed by atoms with E-state index in [0.29, 0.717) is 5.56 Å². The second-order valence-corrected chi connectivity index (χ2v) is 10.0. The van der Waals surface area contributed by atoms with Crippen LogP contribution in [0.25, 0.3) is 0 Å². The van der Waals surface area contributed by atoms with E-state index in [-0.39, 0.29) is 0 Å². The summed E-state index contributed by atoms with van der Waals surface area (Å²) in [5.41, 5.74) is 0.331. The summed E-state index contributed by atoms with van der Waals surface area (Å²) in [6.45, 7) is 15.0. The number of quaternary nitrogens is 1. The van der Waals surface area contributed by atoms with Crippen LogP contribution >= 0.6 is 0 Å². The molecule has 1 rings (SSSR count). The smallest absolute Gasteiger partial charge is 0.335 e. The number of hydrogen-bond donors (Lipinski definition) is 1. The van der Waals surface area contributed by atoms with Gasteiger partial charge in [-0.2, -0.15) is 0 Å². The molecule has 0 aromatic heterocycles. The molecule has 0 aliphatic heterocycles. The Balaban J connectivity index is 0.000000999. The van der Waals surface area contributed by atoms with Crippen molar-refractivity contribution in [1.29, 1.82) is 0 Å². The average Bonchev–Trinajstić information content (AvgIpc) is 2.87. The molecule has 0 unspecified atom stereocenters. The Labute approximate surface area is 212 Å². The van der Waals surface area contributed by atoms with Crippen molar-refractivity contribution in [2.75, 3.05) is 26.2 Å². The molecule has 1 aromatic rings. The van der Waals surface area contributed by atoms with Gasteiger partial charge in [0, 0.05) is 0 Å². The standard InChI is InChI=1S/C24H52N.C7H6O2/c1-5-9-11-13-15-17-19-21-23-25(7-3,8-4)24-22-20-18-16-14-12-10-6-2;8-7(9)6-4-2-1-3-5-6/h5-24H2,1-4H3;1-5H,(H,8,9)/q+1;. The lowest BCUT2D eigenvalue weighted by Crippen LogP contribution is -2.49. The molecular weight excluding hydrogens is 418 g/mol. The fourth-order valence-corrected chi connectivity index (χ4v) is 4.71. The van der Waals surface area contributed by atoms with Crippen LogP contribution in [-0.4, -0.2) is 41.7 Å². The first-order valence-corrected chi connectivity index (χ1v) is 14.7. The number of hydrogen-bond acceptors (Lipinski definition) is 1. The van der Waals surface area contributed by atoms with Crippen molar-refractivity contribution in [3.63, 3.8) is 0 Å². The van der Waals surface area contributed by atoms with Gasteiger partial charge in [0.1, 0.15) is 0 Å². The molecule has 3 nitrogen and oxygen atoms in total. The molecule has 198 valence electrons. The van der Waals surface area contributed by atoms with Crippen LogP contribution in [0.1, 0.15) is 141 Å². The third-order valence-electron chi connectivity index (χ3n) is 7.33. The van der Waals surface area contributed by atoms with Crippen LogP contribution in [0.5, 0.6) is 0 Å². The van der Waals surface area contributed by atoms with E-state index < -0.39 is 5.97 Å². The molecule has 1 aromatic carbocycles. The Bertz CT molecular complexity index is 532. The van der Waals surface area contributed by atoms with Crippen molar-refractivity contribution in [2.24, 2.45) is 0 Å². The molecular formula is C31H58NO2+. The number of nitrogens with zero attached hydrogens (tertiary/aromatic N) is 1. The first-order valence-electron chi connectivity index (χ1n) is 14.7. The summed E-state index contributed by atoms with van der Waals surface area (Å²) in [7, 11) is 0. The minimum Gasteiger partial charge on any atom is -0.478 e. The van der Waals surface area contributed by atoms with Crippen LogP contribution in [-0.2, 0) is 0 Å².